The Kier molecular flexibility index (Phi) is 6.39. The minimum Gasteiger partial charge on any atom is -0.349 e. The Morgan fingerprint density at radius 2 is 1.76 bits per heavy atom. The molecule has 0 aliphatic rings. The Bertz CT molecular complexity index is 939. The van der Waals surface area contributed by atoms with Gasteiger partial charge in [0.1, 0.15) is 12.7 Å². The topological polar surface area (TPSA) is 80.1 Å². The second-order valence-electron chi connectivity index (χ2n) is 6.98. The predicted molar refractivity (Wildman–Crippen MR) is 110 cm³/mol. The van der Waals surface area contributed by atoms with E-state index < -0.39 is 0 Å². The number of aromatic nitrogens is 3. The van der Waals surface area contributed by atoms with Crippen molar-refractivity contribution < 1.29 is 9.59 Å². The van der Waals surface area contributed by atoms with Crippen molar-refractivity contribution in [1.82, 2.24) is 25.0 Å². The van der Waals surface area contributed by atoms with Gasteiger partial charge in [-0.05, 0) is 30.2 Å². The largest absolute Gasteiger partial charge is 0.349 e. The van der Waals surface area contributed by atoms with E-state index in [0.29, 0.717) is 0 Å². The van der Waals surface area contributed by atoms with Crippen molar-refractivity contribution in [3.8, 4) is 5.69 Å². The van der Waals surface area contributed by atoms with Crippen LogP contribution in [0.4, 0.5) is 0 Å². The number of nitrogens with one attached hydrogen (secondary N) is 1. The average Bonchev–Trinajstić information content (AvgIpc) is 3.27. The van der Waals surface area contributed by atoms with Gasteiger partial charge in [0.2, 0.25) is 11.8 Å². The van der Waals surface area contributed by atoms with Crippen molar-refractivity contribution in [3.05, 3.63) is 78.4 Å². The lowest BCUT2D eigenvalue weighted by Gasteiger charge is -2.28. The maximum Gasteiger partial charge on any atom is 0.225 e. The molecule has 0 spiro atoms. The van der Waals surface area contributed by atoms with Gasteiger partial charge in [-0.2, -0.15) is 5.10 Å². The van der Waals surface area contributed by atoms with Gasteiger partial charge in [0, 0.05) is 14.0 Å². The van der Waals surface area contributed by atoms with E-state index in [9.17, 15) is 9.59 Å². The van der Waals surface area contributed by atoms with Gasteiger partial charge in [0.15, 0.2) is 0 Å². The standard InChI is InChI=1S/C22H25N5O2/c1-16(18-9-11-20(12-10-18)27-15-23-14-24-27)26(3)22(29)13-21(25-17(2)28)19-7-5-4-6-8-19/h4-12,14-16,21H,13H2,1-3H3,(H,25,28)/t16-,21-/m1/s1. The van der Waals surface area contributed by atoms with Crippen molar-refractivity contribution in [2.45, 2.75) is 32.4 Å². The summed E-state index contributed by atoms with van der Waals surface area (Å²) in [5.74, 6) is -0.202. The highest BCUT2D eigenvalue weighted by Crippen LogP contribution is 2.24. The molecule has 29 heavy (non-hydrogen) atoms. The smallest absolute Gasteiger partial charge is 0.225 e. The highest BCUT2D eigenvalue weighted by molar-refractivity contribution is 5.79. The van der Waals surface area contributed by atoms with Crippen LogP contribution >= 0.6 is 0 Å². The summed E-state index contributed by atoms with van der Waals surface area (Å²) in [6.45, 7) is 3.45. The summed E-state index contributed by atoms with van der Waals surface area (Å²) in [5, 5.41) is 7.00. The minimum absolute atomic E-state index is 0.0412. The molecular formula is C22H25N5O2. The van der Waals surface area contributed by atoms with Crippen molar-refractivity contribution in [2.24, 2.45) is 0 Å². The van der Waals surface area contributed by atoms with Gasteiger partial charge in [-0.15, -0.1) is 0 Å². The zero-order chi connectivity index (χ0) is 20.8. The second kappa shape index (κ2) is 9.14. The van der Waals surface area contributed by atoms with Gasteiger partial charge in [-0.25, -0.2) is 9.67 Å². The minimum atomic E-state index is -0.356. The molecule has 3 aromatic rings. The van der Waals surface area contributed by atoms with E-state index in [0.717, 1.165) is 16.8 Å². The van der Waals surface area contributed by atoms with Gasteiger partial charge in [-0.3, -0.25) is 9.59 Å². The van der Waals surface area contributed by atoms with Crippen LogP contribution in [0.3, 0.4) is 0 Å². The molecule has 3 rings (SSSR count). The first kappa shape index (κ1) is 20.3. The summed E-state index contributed by atoms with van der Waals surface area (Å²) in [6.07, 6.45) is 3.32. The summed E-state index contributed by atoms with van der Waals surface area (Å²) >= 11 is 0. The molecule has 7 heteroatoms. The number of carbonyl (C=O) groups excluding carboxylic acids is 2. The van der Waals surface area contributed by atoms with E-state index >= 15 is 0 Å². The molecule has 0 saturated heterocycles. The number of benzene rings is 2. The molecule has 0 radical (unpaired) electrons. The molecule has 0 unspecified atom stereocenters. The maximum absolute atomic E-state index is 12.9. The molecule has 0 aliphatic carbocycles. The van der Waals surface area contributed by atoms with Crippen LogP contribution < -0.4 is 5.32 Å². The Hall–Kier alpha value is -3.48. The molecule has 0 saturated carbocycles. The lowest BCUT2D eigenvalue weighted by molar-refractivity contribution is -0.132. The second-order valence-corrected chi connectivity index (χ2v) is 6.98. The van der Waals surface area contributed by atoms with Crippen molar-refractivity contribution in [1.29, 1.82) is 0 Å². The van der Waals surface area contributed by atoms with Gasteiger partial charge in [0.25, 0.3) is 0 Å². The molecule has 1 N–H and O–H groups in total. The molecule has 2 aromatic carbocycles. The number of amides is 2. The van der Waals surface area contributed by atoms with Gasteiger partial charge < -0.3 is 10.2 Å². The number of hydrogen-bond donors (Lipinski definition) is 1. The van der Waals surface area contributed by atoms with Crippen LogP contribution in [0.15, 0.2) is 67.3 Å². The van der Waals surface area contributed by atoms with Crippen LogP contribution in [0.2, 0.25) is 0 Å². The molecular weight excluding hydrogens is 366 g/mol. The number of hydrogen-bond acceptors (Lipinski definition) is 4. The van der Waals surface area contributed by atoms with E-state index in [1.54, 1.807) is 23.0 Å². The predicted octanol–water partition coefficient (Wildman–Crippen LogP) is 3.05. The summed E-state index contributed by atoms with van der Waals surface area (Å²) in [6, 6.07) is 16.9. The van der Waals surface area contributed by atoms with Crippen LogP contribution in [0, 0.1) is 0 Å². The van der Waals surface area contributed by atoms with Crippen LogP contribution in [-0.4, -0.2) is 38.5 Å². The molecule has 1 heterocycles. The van der Waals surface area contributed by atoms with Crippen molar-refractivity contribution in [3.63, 3.8) is 0 Å². The fourth-order valence-electron chi connectivity index (χ4n) is 3.19. The highest BCUT2D eigenvalue weighted by Gasteiger charge is 2.23. The fraction of sp³-hybridized carbons (Fsp3) is 0.273. The van der Waals surface area contributed by atoms with Crippen LogP contribution in [0.1, 0.15) is 43.5 Å². The van der Waals surface area contributed by atoms with Crippen molar-refractivity contribution in [2.75, 3.05) is 7.05 Å². The molecule has 2 amide bonds. The van der Waals surface area contributed by atoms with E-state index in [1.807, 2.05) is 61.5 Å². The molecule has 1 aromatic heterocycles. The molecule has 150 valence electrons. The molecule has 0 fully saturated rings. The lowest BCUT2D eigenvalue weighted by Crippen LogP contribution is -2.35. The van der Waals surface area contributed by atoms with Gasteiger partial charge in [-0.1, -0.05) is 42.5 Å². The van der Waals surface area contributed by atoms with Gasteiger partial charge in [0.05, 0.1) is 24.2 Å². The monoisotopic (exact) mass is 391 g/mol. The summed E-state index contributed by atoms with van der Waals surface area (Å²) in [5.41, 5.74) is 2.83. The molecule has 7 nitrogen and oxygen atoms in total. The highest BCUT2D eigenvalue weighted by atomic mass is 16.2. The Morgan fingerprint density at radius 3 is 2.34 bits per heavy atom. The first-order chi connectivity index (χ1) is 14.0. The number of rotatable bonds is 7. The summed E-state index contributed by atoms with van der Waals surface area (Å²) in [7, 11) is 1.79. The first-order valence-corrected chi connectivity index (χ1v) is 9.48. The van der Waals surface area contributed by atoms with Crippen LogP contribution in [-0.2, 0) is 9.59 Å². The molecule has 2 atom stereocenters. The summed E-state index contributed by atoms with van der Waals surface area (Å²) in [4.78, 5) is 30.2. The van der Waals surface area contributed by atoms with E-state index in [2.05, 4.69) is 15.4 Å². The Labute approximate surface area is 170 Å². The third-order valence-corrected chi connectivity index (χ3v) is 4.99. The third-order valence-electron chi connectivity index (χ3n) is 4.99. The molecule has 0 aliphatic heterocycles. The number of carbonyl (C=O) groups is 2. The lowest BCUT2D eigenvalue weighted by atomic mass is 10.0. The van der Waals surface area contributed by atoms with E-state index in [1.165, 1.54) is 13.3 Å². The van der Waals surface area contributed by atoms with Crippen LogP contribution in [0.25, 0.3) is 5.69 Å². The fourth-order valence-corrected chi connectivity index (χ4v) is 3.19. The molecule has 0 bridgehead atoms. The quantitative estimate of drug-likeness (QED) is 0.671. The Balaban J connectivity index is 1.70. The maximum atomic E-state index is 12.9. The first-order valence-electron chi connectivity index (χ1n) is 9.48. The normalized spacial score (nSPS) is 12.8. The van der Waals surface area contributed by atoms with E-state index in [-0.39, 0.29) is 30.3 Å². The van der Waals surface area contributed by atoms with Crippen LogP contribution in [0.5, 0.6) is 0 Å². The zero-order valence-electron chi connectivity index (χ0n) is 16.8. The summed E-state index contributed by atoms with van der Waals surface area (Å²) < 4.78 is 1.68. The zero-order valence-corrected chi connectivity index (χ0v) is 16.8. The SMILES string of the molecule is CC(=O)N[C@H](CC(=O)N(C)[C@H](C)c1ccc(-n2cncn2)cc1)c1ccccc1. The number of nitrogens with zero attached hydrogens (tertiary/aromatic N) is 4. The third kappa shape index (κ3) is 5.07. The average molecular weight is 391 g/mol. The van der Waals surface area contributed by atoms with Crippen molar-refractivity contribution >= 4 is 11.8 Å². The van der Waals surface area contributed by atoms with Gasteiger partial charge >= 0.3 is 0 Å². The van der Waals surface area contributed by atoms with E-state index in [4.69, 9.17) is 0 Å². The Morgan fingerprint density at radius 1 is 1.07 bits per heavy atom.